The molecule has 1 atom stereocenters. The van der Waals surface area contributed by atoms with Gasteiger partial charge in [-0.2, -0.15) is 0 Å². The van der Waals surface area contributed by atoms with Gasteiger partial charge in [-0.1, -0.05) is 63.4 Å². The molecular formula is C16H16BrCl2N. The maximum atomic E-state index is 6.28. The van der Waals surface area contributed by atoms with Gasteiger partial charge in [0, 0.05) is 10.5 Å². The third-order valence-corrected chi connectivity index (χ3v) is 4.88. The molecule has 0 fully saturated rings. The first-order chi connectivity index (χ1) is 9.52. The van der Waals surface area contributed by atoms with Crippen molar-refractivity contribution in [2.24, 2.45) is 0 Å². The van der Waals surface area contributed by atoms with Crippen molar-refractivity contribution in [3.63, 3.8) is 0 Å². The number of nitrogens with one attached hydrogen (secondary N) is 1. The Morgan fingerprint density at radius 2 is 1.95 bits per heavy atom. The molecule has 0 aliphatic rings. The molecule has 1 nitrogen and oxygen atoms in total. The van der Waals surface area contributed by atoms with Crippen LogP contribution in [0.5, 0.6) is 0 Å². The second kappa shape index (κ2) is 6.95. The van der Waals surface area contributed by atoms with Crippen LogP contribution in [0.25, 0.3) is 0 Å². The van der Waals surface area contributed by atoms with Crippen LogP contribution >= 0.6 is 39.1 Å². The van der Waals surface area contributed by atoms with Gasteiger partial charge >= 0.3 is 0 Å². The van der Waals surface area contributed by atoms with Gasteiger partial charge in [-0.05, 0) is 49.2 Å². The molecule has 0 aliphatic heterocycles. The van der Waals surface area contributed by atoms with E-state index >= 15 is 0 Å². The summed E-state index contributed by atoms with van der Waals surface area (Å²) in [5.41, 5.74) is 3.50. The van der Waals surface area contributed by atoms with E-state index in [0.29, 0.717) is 10.0 Å². The molecule has 2 aromatic carbocycles. The van der Waals surface area contributed by atoms with Crippen molar-refractivity contribution in [2.75, 3.05) is 7.05 Å². The highest BCUT2D eigenvalue weighted by molar-refractivity contribution is 9.10. The zero-order valence-corrected chi connectivity index (χ0v) is 14.5. The van der Waals surface area contributed by atoms with E-state index in [2.05, 4.69) is 46.4 Å². The van der Waals surface area contributed by atoms with Crippen LogP contribution in [0.15, 0.2) is 40.9 Å². The zero-order chi connectivity index (χ0) is 14.7. The Balaban J connectivity index is 2.31. The van der Waals surface area contributed by atoms with E-state index in [0.717, 1.165) is 16.5 Å². The second-order valence-corrected chi connectivity index (χ2v) is 6.42. The Labute approximate surface area is 138 Å². The third-order valence-electron chi connectivity index (χ3n) is 3.34. The van der Waals surface area contributed by atoms with Crippen molar-refractivity contribution < 1.29 is 0 Å². The van der Waals surface area contributed by atoms with Crippen LogP contribution in [0.3, 0.4) is 0 Å². The Morgan fingerprint density at radius 1 is 1.20 bits per heavy atom. The number of hydrogen-bond donors (Lipinski definition) is 1. The van der Waals surface area contributed by atoms with E-state index in [4.69, 9.17) is 23.2 Å². The molecule has 4 heteroatoms. The summed E-state index contributed by atoms with van der Waals surface area (Å²) < 4.78 is 1.11. The second-order valence-electron chi connectivity index (χ2n) is 4.78. The van der Waals surface area contributed by atoms with Crippen molar-refractivity contribution in [2.45, 2.75) is 19.4 Å². The normalized spacial score (nSPS) is 12.4. The average molecular weight is 373 g/mol. The fraction of sp³-hybridized carbons (Fsp3) is 0.250. The number of likely N-dealkylation sites (N-methyl/N-ethyl adjacent to an activating group) is 1. The van der Waals surface area contributed by atoms with Gasteiger partial charge in [-0.25, -0.2) is 0 Å². The molecule has 0 radical (unpaired) electrons. The molecule has 0 amide bonds. The Bertz CT molecular complexity index is 613. The Kier molecular flexibility index (Phi) is 5.50. The predicted octanol–water partition coefficient (Wildman–Crippen LogP) is 5.57. The third kappa shape index (κ3) is 3.56. The lowest BCUT2D eigenvalue weighted by Gasteiger charge is -2.19. The molecule has 106 valence electrons. The predicted molar refractivity (Wildman–Crippen MR) is 90.8 cm³/mol. The number of rotatable bonds is 4. The largest absolute Gasteiger partial charge is 0.313 e. The average Bonchev–Trinajstić information content (AvgIpc) is 2.41. The van der Waals surface area contributed by atoms with E-state index in [-0.39, 0.29) is 6.04 Å². The van der Waals surface area contributed by atoms with Gasteiger partial charge in [0.15, 0.2) is 0 Å². The maximum absolute atomic E-state index is 6.28. The highest BCUT2D eigenvalue weighted by Crippen LogP contribution is 2.31. The van der Waals surface area contributed by atoms with Gasteiger partial charge in [-0.15, -0.1) is 0 Å². The summed E-state index contributed by atoms with van der Waals surface area (Å²) in [6.07, 6.45) is 0.789. The van der Waals surface area contributed by atoms with Crippen molar-refractivity contribution >= 4 is 39.1 Å². The van der Waals surface area contributed by atoms with Crippen LogP contribution in [0, 0.1) is 6.92 Å². The topological polar surface area (TPSA) is 12.0 Å². The van der Waals surface area contributed by atoms with Crippen LogP contribution in [0.2, 0.25) is 10.0 Å². The van der Waals surface area contributed by atoms with Crippen molar-refractivity contribution in [1.29, 1.82) is 0 Å². The summed E-state index contributed by atoms with van der Waals surface area (Å²) in [6, 6.07) is 12.3. The molecule has 0 aromatic heterocycles. The van der Waals surface area contributed by atoms with Crippen LogP contribution in [0.1, 0.15) is 22.7 Å². The molecule has 0 saturated carbocycles. The van der Waals surface area contributed by atoms with E-state index in [1.54, 1.807) is 0 Å². The summed E-state index contributed by atoms with van der Waals surface area (Å²) in [6.45, 7) is 2.08. The van der Waals surface area contributed by atoms with Crippen LogP contribution in [-0.4, -0.2) is 7.05 Å². The lowest BCUT2D eigenvalue weighted by atomic mass is 9.98. The van der Waals surface area contributed by atoms with Gasteiger partial charge in [0.05, 0.1) is 10.0 Å². The highest BCUT2D eigenvalue weighted by atomic mass is 79.9. The van der Waals surface area contributed by atoms with Gasteiger partial charge in [-0.3, -0.25) is 0 Å². The lowest BCUT2D eigenvalue weighted by molar-refractivity contribution is 0.590. The Morgan fingerprint density at radius 3 is 2.60 bits per heavy atom. The first kappa shape index (κ1) is 15.8. The van der Waals surface area contributed by atoms with E-state index in [1.807, 2.05) is 25.2 Å². The summed E-state index contributed by atoms with van der Waals surface area (Å²) in [5.74, 6) is 0. The fourth-order valence-electron chi connectivity index (χ4n) is 2.21. The molecular weight excluding hydrogens is 357 g/mol. The van der Waals surface area contributed by atoms with Gasteiger partial charge < -0.3 is 5.32 Å². The monoisotopic (exact) mass is 371 g/mol. The molecule has 1 unspecified atom stereocenters. The van der Waals surface area contributed by atoms with Crippen LogP contribution < -0.4 is 5.32 Å². The maximum Gasteiger partial charge on any atom is 0.0624 e. The minimum Gasteiger partial charge on any atom is -0.313 e. The highest BCUT2D eigenvalue weighted by Gasteiger charge is 2.15. The quantitative estimate of drug-likeness (QED) is 0.739. The molecule has 0 saturated heterocycles. The number of halogens is 3. The van der Waals surface area contributed by atoms with Crippen LogP contribution in [-0.2, 0) is 6.42 Å². The minimum absolute atomic E-state index is 0.181. The Hall–Kier alpha value is -0.540. The summed E-state index contributed by atoms with van der Waals surface area (Å²) >= 11 is 16.0. The molecule has 0 aliphatic carbocycles. The number of benzene rings is 2. The number of aryl methyl sites for hydroxylation is 1. The van der Waals surface area contributed by atoms with Crippen molar-refractivity contribution in [3.8, 4) is 0 Å². The van der Waals surface area contributed by atoms with Crippen molar-refractivity contribution in [3.05, 3.63) is 67.6 Å². The van der Waals surface area contributed by atoms with E-state index in [9.17, 15) is 0 Å². The van der Waals surface area contributed by atoms with E-state index < -0.39 is 0 Å². The van der Waals surface area contributed by atoms with Gasteiger partial charge in [0.25, 0.3) is 0 Å². The summed E-state index contributed by atoms with van der Waals surface area (Å²) in [7, 11) is 1.95. The van der Waals surface area contributed by atoms with Gasteiger partial charge in [0.2, 0.25) is 0 Å². The molecule has 0 spiro atoms. The zero-order valence-electron chi connectivity index (χ0n) is 11.4. The SMILES string of the molecule is CNC(Cc1cccc(Cl)c1Cl)c1ccc(C)cc1Br. The first-order valence-corrected chi connectivity index (χ1v) is 7.94. The molecule has 20 heavy (non-hydrogen) atoms. The molecule has 2 rings (SSSR count). The lowest BCUT2D eigenvalue weighted by Crippen LogP contribution is -2.19. The smallest absolute Gasteiger partial charge is 0.0624 e. The molecule has 0 bridgehead atoms. The van der Waals surface area contributed by atoms with Gasteiger partial charge in [0.1, 0.15) is 0 Å². The van der Waals surface area contributed by atoms with Crippen molar-refractivity contribution in [1.82, 2.24) is 5.32 Å². The fourth-order valence-corrected chi connectivity index (χ4v) is 3.38. The summed E-state index contributed by atoms with van der Waals surface area (Å²) in [5, 5.41) is 4.58. The molecule has 1 N–H and O–H groups in total. The van der Waals surface area contributed by atoms with E-state index in [1.165, 1.54) is 11.1 Å². The standard InChI is InChI=1S/C16H16BrCl2N/c1-10-6-7-12(13(17)8-10)15(20-2)9-11-4-3-5-14(18)16(11)19/h3-8,15,20H,9H2,1-2H3. The first-order valence-electron chi connectivity index (χ1n) is 6.39. The van der Waals surface area contributed by atoms with Crippen LogP contribution in [0.4, 0.5) is 0 Å². The molecule has 2 aromatic rings. The minimum atomic E-state index is 0.181. The molecule has 0 heterocycles. The summed E-state index contributed by atoms with van der Waals surface area (Å²) in [4.78, 5) is 0. The number of hydrogen-bond acceptors (Lipinski definition) is 1.